The van der Waals surface area contributed by atoms with Gasteiger partial charge in [0.1, 0.15) is 5.60 Å². The van der Waals surface area contributed by atoms with Gasteiger partial charge in [-0.1, -0.05) is 0 Å². The number of carbonyl (C=O) groups excluding carboxylic acids is 1. The Labute approximate surface area is 134 Å². The fourth-order valence-electron chi connectivity index (χ4n) is 1.65. The largest absolute Gasteiger partial charge is 0.443 e. The number of halogens is 1. The van der Waals surface area contributed by atoms with E-state index >= 15 is 0 Å². The molecule has 0 unspecified atom stereocenters. The molecule has 0 spiro atoms. The van der Waals surface area contributed by atoms with Gasteiger partial charge in [0.05, 0.1) is 4.47 Å². The van der Waals surface area contributed by atoms with E-state index in [9.17, 15) is 4.79 Å². The molecule has 0 aliphatic rings. The van der Waals surface area contributed by atoms with E-state index in [0.29, 0.717) is 25.6 Å². The molecule has 6 heteroatoms. The van der Waals surface area contributed by atoms with Crippen molar-refractivity contribution in [2.75, 3.05) is 24.7 Å². The van der Waals surface area contributed by atoms with Crippen molar-refractivity contribution in [2.45, 2.75) is 39.7 Å². The molecule has 0 saturated heterocycles. The highest BCUT2D eigenvalue weighted by Gasteiger charge is 2.25. The minimum atomic E-state index is -0.545. The van der Waals surface area contributed by atoms with Crippen molar-refractivity contribution in [1.82, 2.24) is 4.98 Å². The molecule has 1 amide bonds. The summed E-state index contributed by atoms with van der Waals surface area (Å²) in [5.74, 6) is 0.559. The molecule has 0 radical (unpaired) electrons. The first-order valence-corrected chi connectivity index (χ1v) is 7.83. The van der Waals surface area contributed by atoms with Crippen LogP contribution in [0.4, 0.5) is 10.6 Å². The van der Waals surface area contributed by atoms with Gasteiger partial charge in [-0.25, -0.2) is 9.78 Å². The van der Waals surface area contributed by atoms with Crippen molar-refractivity contribution in [2.24, 2.45) is 0 Å². The zero-order chi connectivity index (χ0) is 15.9. The molecular formula is C15H23BrN2O3. The highest BCUT2D eigenvalue weighted by Crippen LogP contribution is 2.25. The van der Waals surface area contributed by atoms with E-state index in [4.69, 9.17) is 9.47 Å². The summed E-state index contributed by atoms with van der Waals surface area (Å²) >= 11 is 3.42. The number of nitrogens with zero attached hydrogens (tertiary/aromatic N) is 2. The van der Waals surface area contributed by atoms with E-state index < -0.39 is 11.7 Å². The fraction of sp³-hybridized carbons (Fsp3) is 0.600. The van der Waals surface area contributed by atoms with Crippen LogP contribution in [0.1, 0.15) is 34.1 Å². The van der Waals surface area contributed by atoms with Crippen LogP contribution in [0.3, 0.4) is 0 Å². The van der Waals surface area contributed by atoms with E-state index in [1.54, 1.807) is 12.3 Å². The Kier molecular flexibility index (Phi) is 7.11. The summed E-state index contributed by atoms with van der Waals surface area (Å²) in [5, 5.41) is 0. The summed E-state index contributed by atoms with van der Waals surface area (Å²) in [7, 11) is 0. The highest BCUT2D eigenvalue weighted by atomic mass is 79.9. The lowest BCUT2D eigenvalue weighted by Gasteiger charge is -2.27. The van der Waals surface area contributed by atoms with E-state index in [-0.39, 0.29) is 0 Å². The smallest absolute Gasteiger partial charge is 0.416 e. The predicted octanol–water partition coefficient (Wildman–Crippen LogP) is 4.01. The molecule has 0 bridgehead atoms. The summed E-state index contributed by atoms with van der Waals surface area (Å²) < 4.78 is 11.5. The second-order valence-corrected chi connectivity index (χ2v) is 6.35. The van der Waals surface area contributed by atoms with Crippen LogP contribution in [0, 0.1) is 0 Å². The number of pyridine rings is 1. The van der Waals surface area contributed by atoms with Gasteiger partial charge in [0.25, 0.3) is 0 Å². The van der Waals surface area contributed by atoms with Gasteiger partial charge in [-0.3, -0.25) is 4.90 Å². The van der Waals surface area contributed by atoms with Crippen molar-refractivity contribution < 1.29 is 14.3 Å². The number of hydrogen-bond acceptors (Lipinski definition) is 4. The van der Waals surface area contributed by atoms with Gasteiger partial charge < -0.3 is 9.47 Å². The molecule has 0 aliphatic heterocycles. The Balaban J connectivity index is 2.84. The third kappa shape index (κ3) is 6.44. The minimum Gasteiger partial charge on any atom is -0.443 e. The summed E-state index contributed by atoms with van der Waals surface area (Å²) in [6.45, 7) is 9.23. The van der Waals surface area contributed by atoms with E-state index in [0.717, 1.165) is 10.9 Å². The molecule has 1 aromatic rings. The van der Waals surface area contributed by atoms with Crippen LogP contribution >= 0.6 is 15.9 Å². The number of aromatic nitrogens is 1. The number of hydrogen-bond donors (Lipinski definition) is 0. The molecule has 5 nitrogen and oxygen atoms in total. The zero-order valence-electron chi connectivity index (χ0n) is 13.1. The van der Waals surface area contributed by atoms with Crippen LogP contribution in [-0.2, 0) is 9.47 Å². The Morgan fingerprint density at radius 2 is 2.14 bits per heavy atom. The van der Waals surface area contributed by atoms with Crippen molar-refractivity contribution in [3.8, 4) is 0 Å². The van der Waals surface area contributed by atoms with Gasteiger partial charge in [0.2, 0.25) is 0 Å². The molecular weight excluding hydrogens is 336 g/mol. The van der Waals surface area contributed by atoms with E-state index in [2.05, 4.69) is 20.9 Å². The summed E-state index contributed by atoms with van der Waals surface area (Å²) in [4.78, 5) is 18.2. The minimum absolute atomic E-state index is 0.404. The average Bonchev–Trinajstić information content (AvgIpc) is 2.38. The third-order valence-corrected chi connectivity index (χ3v) is 3.10. The van der Waals surface area contributed by atoms with Crippen LogP contribution in [0.15, 0.2) is 22.8 Å². The standard InChI is InChI=1S/C15H23BrN2O3/c1-5-20-11-7-10-18(14(19)21-15(2,3)4)13-12(16)8-6-9-17-13/h6,8-9H,5,7,10-11H2,1-4H3. The van der Waals surface area contributed by atoms with E-state index in [1.165, 1.54) is 4.90 Å². The number of anilines is 1. The van der Waals surface area contributed by atoms with Gasteiger partial charge in [0, 0.05) is 26.0 Å². The van der Waals surface area contributed by atoms with Crippen molar-refractivity contribution in [1.29, 1.82) is 0 Å². The maximum Gasteiger partial charge on any atom is 0.416 e. The molecule has 0 aromatic carbocycles. The first-order chi connectivity index (χ1) is 9.85. The van der Waals surface area contributed by atoms with Crippen LogP contribution in [0.5, 0.6) is 0 Å². The monoisotopic (exact) mass is 358 g/mol. The fourth-order valence-corrected chi connectivity index (χ4v) is 2.11. The van der Waals surface area contributed by atoms with Crippen LogP contribution in [0.25, 0.3) is 0 Å². The Bertz CT molecular complexity index is 460. The first-order valence-electron chi connectivity index (χ1n) is 7.04. The Morgan fingerprint density at radius 1 is 1.43 bits per heavy atom. The maximum atomic E-state index is 12.4. The molecule has 0 N–H and O–H groups in total. The van der Waals surface area contributed by atoms with Gasteiger partial charge in [0.15, 0.2) is 5.82 Å². The number of rotatable bonds is 6. The van der Waals surface area contributed by atoms with Crippen molar-refractivity contribution in [3.63, 3.8) is 0 Å². The van der Waals surface area contributed by atoms with Crippen LogP contribution in [-0.4, -0.2) is 36.4 Å². The van der Waals surface area contributed by atoms with Crippen molar-refractivity contribution >= 4 is 27.8 Å². The quantitative estimate of drug-likeness (QED) is 0.720. The lowest BCUT2D eigenvalue weighted by atomic mass is 10.2. The summed E-state index contributed by atoms with van der Waals surface area (Å²) in [6, 6.07) is 3.66. The van der Waals surface area contributed by atoms with Gasteiger partial charge in [-0.05, 0) is 62.2 Å². The summed E-state index contributed by atoms with van der Waals surface area (Å²) in [6.07, 6.45) is 1.97. The third-order valence-electron chi connectivity index (χ3n) is 2.48. The van der Waals surface area contributed by atoms with Crippen LogP contribution < -0.4 is 4.90 Å². The van der Waals surface area contributed by atoms with E-state index in [1.807, 2.05) is 33.8 Å². The molecule has 21 heavy (non-hydrogen) atoms. The number of carbonyl (C=O) groups is 1. The normalized spacial score (nSPS) is 11.3. The lowest BCUT2D eigenvalue weighted by molar-refractivity contribution is 0.0574. The molecule has 1 heterocycles. The highest BCUT2D eigenvalue weighted by molar-refractivity contribution is 9.10. The Morgan fingerprint density at radius 3 is 2.71 bits per heavy atom. The number of amides is 1. The van der Waals surface area contributed by atoms with Gasteiger partial charge in [-0.2, -0.15) is 0 Å². The second kappa shape index (κ2) is 8.34. The van der Waals surface area contributed by atoms with Crippen LogP contribution in [0.2, 0.25) is 0 Å². The lowest BCUT2D eigenvalue weighted by Crippen LogP contribution is -2.38. The molecule has 1 rings (SSSR count). The van der Waals surface area contributed by atoms with Crippen molar-refractivity contribution in [3.05, 3.63) is 22.8 Å². The average molecular weight is 359 g/mol. The van der Waals surface area contributed by atoms with Gasteiger partial charge >= 0.3 is 6.09 Å². The SMILES string of the molecule is CCOCCCN(C(=O)OC(C)(C)C)c1ncccc1Br. The number of ether oxygens (including phenoxy) is 2. The zero-order valence-corrected chi connectivity index (χ0v) is 14.6. The predicted molar refractivity (Wildman–Crippen MR) is 86.6 cm³/mol. The topological polar surface area (TPSA) is 51.7 Å². The second-order valence-electron chi connectivity index (χ2n) is 5.49. The molecule has 0 aliphatic carbocycles. The Hall–Kier alpha value is -1.14. The molecule has 0 fully saturated rings. The summed E-state index contributed by atoms with van der Waals surface area (Å²) in [5.41, 5.74) is -0.545. The molecule has 0 saturated carbocycles. The molecule has 0 atom stereocenters. The molecule has 1 aromatic heterocycles. The molecule has 118 valence electrons. The maximum absolute atomic E-state index is 12.4. The van der Waals surface area contributed by atoms with Gasteiger partial charge in [-0.15, -0.1) is 0 Å². The first kappa shape index (κ1) is 17.9.